The zero-order chi connectivity index (χ0) is 14.7. The Morgan fingerprint density at radius 3 is 2.00 bits per heavy atom. The van der Waals surface area contributed by atoms with E-state index in [2.05, 4.69) is 75.2 Å². The summed E-state index contributed by atoms with van der Waals surface area (Å²) in [6, 6.07) is 15.3. The maximum atomic E-state index is 6.06. The monoisotopic (exact) mass is 268 g/mol. The number of aryl methyl sites for hydroxylation is 2. The van der Waals surface area contributed by atoms with Crippen molar-refractivity contribution >= 4 is 11.4 Å². The highest BCUT2D eigenvalue weighted by Crippen LogP contribution is 2.26. The molecule has 2 aromatic rings. The molecule has 20 heavy (non-hydrogen) atoms. The van der Waals surface area contributed by atoms with E-state index in [0.717, 1.165) is 6.42 Å². The first kappa shape index (κ1) is 14.6. The van der Waals surface area contributed by atoms with Crippen LogP contribution in [-0.4, -0.2) is 7.05 Å². The minimum Gasteiger partial charge on any atom is -0.345 e. The predicted octanol–water partition coefficient (Wildman–Crippen LogP) is 4.48. The van der Waals surface area contributed by atoms with Gasteiger partial charge in [-0.1, -0.05) is 25.1 Å². The van der Waals surface area contributed by atoms with Crippen LogP contribution in [0.1, 0.15) is 36.1 Å². The van der Waals surface area contributed by atoms with Gasteiger partial charge >= 0.3 is 0 Å². The lowest BCUT2D eigenvalue weighted by molar-refractivity contribution is 0.699. The third-order valence-corrected chi connectivity index (χ3v) is 3.74. The Bertz CT molecular complexity index is 552. The number of nitrogens with zero attached hydrogens (tertiary/aromatic N) is 1. The van der Waals surface area contributed by atoms with Gasteiger partial charge in [-0.2, -0.15) is 0 Å². The molecule has 106 valence electrons. The van der Waals surface area contributed by atoms with E-state index in [1.165, 1.54) is 28.1 Å². The van der Waals surface area contributed by atoms with Crippen molar-refractivity contribution in [1.29, 1.82) is 0 Å². The molecule has 0 heterocycles. The Kier molecular flexibility index (Phi) is 4.46. The van der Waals surface area contributed by atoms with Crippen molar-refractivity contribution in [2.24, 2.45) is 5.73 Å². The average Bonchev–Trinajstić information content (AvgIpc) is 2.45. The van der Waals surface area contributed by atoms with Gasteiger partial charge in [0.05, 0.1) is 0 Å². The molecule has 2 aromatic carbocycles. The number of benzene rings is 2. The smallest absolute Gasteiger partial charge is 0.0413 e. The molecule has 0 amide bonds. The Morgan fingerprint density at radius 1 is 0.950 bits per heavy atom. The number of hydrogen-bond donors (Lipinski definition) is 1. The Balaban J connectivity index is 2.26. The molecule has 0 saturated carbocycles. The summed E-state index contributed by atoms with van der Waals surface area (Å²) in [5, 5.41) is 0. The fourth-order valence-corrected chi connectivity index (χ4v) is 2.47. The number of rotatable bonds is 4. The predicted molar refractivity (Wildman–Crippen MR) is 87.6 cm³/mol. The highest BCUT2D eigenvalue weighted by molar-refractivity contribution is 5.64. The topological polar surface area (TPSA) is 29.3 Å². The summed E-state index contributed by atoms with van der Waals surface area (Å²) in [7, 11) is 2.10. The van der Waals surface area contributed by atoms with E-state index >= 15 is 0 Å². The van der Waals surface area contributed by atoms with Gasteiger partial charge in [-0.3, -0.25) is 0 Å². The second kappa shape index (κ2) is 6.10. The SMILES string of the molecule is CC[C@@H](N)c1ccc(N(C)c2cc(C)cc(C)c2)cc1. The fourth-order valence-electron chi connectivity index (χ4n) is 2.47. The molecule has 0 spiro atoms. The molecule has 2 rings (SSSR count). The zero-order valence-corrected chi connectivity index (χ0v) is 12.9. The van der Waals surface area contributed by atoms with Crippen LogP contribution in [0.25, 0.3) is 0 Å². The van der Waals surface area contributed by atoms with Crippen LogP contribution in [0.3, 0.4) is 0 Å². The summed E-state index contributed by atoms with van der Waals surface area (Å²) in [4.78, 5) is 2.21. The Morgan fingerprint density at radius 2 is 1.50 bits per heavy atom. The van der Waals surface area contributed by atoms with Gasteiger partial charge in [-0.25, -0.2) is 0 Å². The first-order chi connectivity index (χ1) is 9.51. The van der Waals surface area contributed by atoms with Crippen LogP contribution in [0.15, 0.2) is 42.5 Å². The van der Waals surface area contributed by atoms with Gasteiger partial charge in [0.25, 0.3) is 0 Å². The zero-order valence-electron chi connectivity index (χ0n) is 12.9. The van der Waals surface area contributed by atoms with Crippen LogP contribution >= 0.6 is 0 Å². The third kappa shape index (κ3) is 3.20. The van der Waals surface area contributed by atoms with Crippen molar-refractivity contribution < 1.29 is 0 Å². The molecule has 2 heteroatoms. The van der Waals surface area contributed by atoms with Gasteiger partial charge in [-0.15, -0.1) is 0 Å². The summed E-state index contributed by atoms with van der Waals surface area (Å²) in [5.74, 6) is 0. The lowest BCUT2D eigenvalue weighted by atomic mass is 10.0. The molecular weight excluding hydrogens is 244 g/mol. The largest absolute Gasteiger partial charge is 0.345 e. The van der Waals surface area contributed by atoms with E-state index in [0.29, 0.717) is 0 Å². The van der Waals surface area contributed by atoms with E-state index in [4.69, 9.17) is 5.73 Å². The fraction of sp³-hybridized carbons (Fsp3) is 0.333. The van der Waals surface area contributed by atoms with Crippen LogP contribution in [0.5, 0.6) is 0 Å². The second-order valence-electron chi connectivity index (χ2n) is 5.51. The van der Waals surface area contributed by atoms with E-state index in [-0.39, 0.29) is 6.04 Å². The van der Waals surface area contributed by atoms with E-state index < -0.39 is 0 Å². The van der Waals surface area contributed by atoms with Crippen LogP contribution < -0.4 is 10.6 Å². The average molecular weight is 268 g/mol. The molecule has 0 aliphatic rings. The van der Waals surface area contributed by atoms with Crippen LogP contribution in [0.2, 0.25) is 0 Å². The molecule has 0 radical (unpaired) electrons. The number of hydrogen-bond acceptors (Lipinski definition) is 2. The van der Waals surface area contributed by atoms with Crippen molar-refractivity contribution in [2.75, 3.05) is 11.9 Å². The number of anilines is 2. The molecule has 0 aromatic heterocycles. The molecule has 2 N–H and O–H groups in total. The van der Waals surface area contributed by atoms with Crippen molar-refractivity contribution in [3.05, 3.63) is 59.2 Å². The minimum atomic E-state index is 0.135. The van der Waals surface area contributed by atoms with Crippen LogP contribution in [0, 0.1) is 13.8 Å². The molecule has 0 aliphatic heterocycles. The van der Waals surface area contributed by atoms with Gasteiger partial charge in [0.15, 0.2) is 0 Å². The highest BCUT2D eigenvalue weighted by Gasteiger charge is 2.07. The van der Waals surface area contributed by atoms with Gasteiger partial charge < -0.3 is 10.6 Å². The molecule has 0 bridgehead atoms. The molecule has 0 aliphatic carbocycles. The first-order valence-corrected chi connectivity index (χ1v) is 7.19. The molecule has 2 nitrogen and oxygen atoms in total. The van der Waals surface area contributed by atoms with E-state index in [1.807, 2.05) is 0 Å². The first-order valence-electron chi connectivity index (χ1n) is 7.19. The Hall–Kier alpha value is -1.80. The normalized spacial score (nSPS) is 12.2. The molecule has 0 fully saturated rings. The maximum Gasteiger partial charge on any atom is 0.0413 e. The lowest BCUT2D eigenvalue weighted by Gasteiger charge is -2.21. The van der Waals surface area contributed by atoms with Crippen LogP contribution in [-0.2, 0) is 0 Å². The van der Waals surface area contributed by atoms with Crippen molar-refractivity contribution in [3.8, 4) is 0 Å². The summed E-state index contributed by atoms with van der Waals surface area (Å²) >= 11 is 0. The van der Waals surface area contributed by atoms with Crippen molar-refractivity contribution in [3.63, 3.8) is 0 Å². The van der Waals surface area contributed by atoms with Gasteiger partial charge in [-0.05, 0) is 61.2 Å². The number of nitrogens with two attached hydrogens (primary N) is 1. The lowest BCUT2D eigenvalue weighted by Crippen LogP contribution is -2.11. The maximum absolute atomic E-state index is 6.06. The Labute approximate surface area is 122 Å². The summed E-state index contributed by atoms with van der Waals surface area (Å²) in [5.41, 5.74) is 12.2. The van der Waals surface area contributed by atoms with E-state index in [9.17, 15) is 0 Å². The van der Waals surface area contributed by atoms with Gasteiger partial charge in [0.1, 0.15) is 0 Å². The van der Waals surface area contributed by atoms with Gasteiger partial charge in [0.2, 0.25) is 0 Å². The van der Waals surface area contributed by atoms with E-state index in [1.54, 1.807) is 0 Å². The standard InChI is InChI=1S/C18H24N2/c1-5-18(19)15-6-8-16(9-7-15)20(4)17-11-13(2)10-14(3)12-17/h6-12,18H,5,19H2,1-4H3/t18-/m1/s1. The van der Waals surface area contributed by atoms with Crippen LogP contribution in [0.4, 0.5) is 11.4 Å². The van der Waals surface area contributed by atoms with Gasteiger partial charge in [0, 0.05) is 24.5 Å². The quantitative estimate of drug-likeness (QED) is 0.885. The summed E-state index contributed by atoms with van der Waals surface area (Å²) in [6.07, 6.45) is 0.965. The molecule has 0 unspecified atom stereocenters. The summed E-state index contributed by atoms with van der Waals surface area (Å²) < 4.78 is 0. The minimum absolute atomic E-state index is 0.135. The third-order valence-electron chi connectivity index (χ3n) is 3.74. The van der Waals surface area contributed by atoms with Crippen molar-refractivity contribution in [1.82, 2.24) is 0 Å². The second-order valence-corrected chi connectivity index (χ2v) is 5.51. The van der Waals surface area contributed by atoms with Crippen molar-refractivity contribution in [2.45, 2.75) is 33.2 Å². The highest BCUT2D eigenvalue weighted by atomic mass is 15.1. The molecular formula is C18H24N2. The molecule has 1 atom stereocenters. The summed E-state index contributed by atoms with van der Waals surface area (Å²) in [6.45, 7) is 6.38. The molecule has 0 saturated heterocycles.